The number of hydrogen-bond donors (Lipinski definition) is 0. The minimum absolute atomic E-state index is 0.0508. The van der Waals surface area contributed by atoms with E-state index < -0.39 is 53.5 Å². The number of hydrogen-bond acceptors (Lipinski definition) is 5. The summed E-state index contributed by atoms with van der Waals surface area (Å²) in [6.07, 6.45) is 0.424. The molecule has 0 aliphatic carbocycles. The summed E-state index contributed by atoms with van der Waals surface area (Å²) < 4.78 is 76.7. The smallest absolute Gasteiger partial charge is 0.261 e. The Morgan fingerprint density at radius 3 is 2.05 bits per heavy atom. The normalized spacial score (nSPS) is 12.4. The minimum atomic E-state index is -4.27. The van der Waals surface area contributed by atoms with Crippen molar-refractivity contribution in [3.8, 4) is 5.75 Å². The average Bonchev–Trinajstić information content (AvgIpc) is 2.31. The van der Waals surface area contributed by atoms with Crippen LogP contribution in [0.3, 0.4) is 0 Å². The molecule has 0 aliphatic rings. The van der Waals surface area contributed by atoms with Crippen LogP contribution in [0.5, 0.6) is 5.75 Å². The van der Waals surface area contributed by atoms with E-state index in [1.54, 1.807) is 6.92 Å². The molecule has 5 nitrogen and oxygen atoms in total. The summed E-state index contributed by atoms with van der Waals surface area (Å²) in [7, 11) is -2.65. The second-order valence-corrected chi connectivity index (χ2v) is 9.02. The van der Waals surface area contributed by atoms with Gasteiger partial charge in [-0.3, -0.25) is 0 Å². The molecule has 0 N–H and O–H groups in total. The molecule has 1 aromatic rings. The second-order valence-electron chi connectivity index (χ2n) is 4.15. The van der Waals surface area contributed by atoms with Gasteiger partial charge in [-0.15, -0.1) is 0 Å². The molecule has 10 heteroatoms. The zero-order valence-electron chi connectivity index (χ0n) is 11.0. The van der Waals surface area contributed by atoms with E-state index >= 15 is 0 Å². The lowest BCUT2D eigenvalue weighted by molar-refractivity contribution is 0.302. The Hall–Kier alpha value is -0.930. The monoisotopic (exact) mass is 362 g/mol. The van der Waals surface area contributed by atoms with Gasteiger partial charge >= 0.3 is 0 Å². The molecule has 0 aliphatic heterocycles. The maximum absolute atomic E-state index is 13.6. The lowest BCUT2D eigenvalue weighted by atomic mass is 10.3. The first-order valence-electron chi connectivity index (χ1n) is 5.84. The van der Waals surface area contributed by atoms with Crippen molar-refractivity contribution in [2.24, 2.45) is 0 Å². The summed E-state index contributed by atoms with van der Waals surface area (Å²) in [5.41, 5.74) is 0. The summed E-state index contributed by atoms with van der Waals surface area (Å²) in [6, 6.07) is 1.00. The molecule has 21 heavy (non-hydrogen) atoms. The lowest BCUT2D eigenvalue weighted by Gasteiger charge is -2.09. The van der Waals surface area contributed by atoms with Crippen LogP contribution >= 0.6 is 10.7 Å². The molecule has 1 aromatic carbocycles. The fourth-order valence-electron chi connectivity index (χ4n) is 1.50. The van der Waals surface area contributed by atoms with E-state index in [-0.39, 0.29) is 5.75 Å². The van der Waals surface area contributed by atoms with E-state index in [1.165, 1.54) is 0 Å². The molecular weight excluding hydrogens is 350 g/mol. The highest BCUT2D eigenvalue weighted by molar-refractivity contribution is 8.13. The van der Waals surface area contributed by atoms with Crippen molar-refractivity contribution in [1.82, 2.24) is 0 Å². The maximum Gasteiger partial charge on any atom is 0.261 e. The van der Waals surface area contributed by atoms with Gasteiger partial charge in [-0.2, -0.15) is 0 Å². The molecule has 0 saturated carbocycles. The molecule has 0 aromatic heterocycles. The largest absolute Gasteiger partial charge is 0.487 e. The first-order valence-corrected chi connectivity index (χ1v) is 9.97. The van der Waals surface area contributed by atoms with E-state index in [1.807, 2.05) is 0 Å². The Bertz CT molecular complexity index is 693. The van der Waals surface area contributed by atoms with E-state index in [9.17, 15) is 25.6 Å². The molecule has 0 atom stereocenters. The van der Waals surface area contributed by atoms with Gasteiger partial charge in [-0.1, -0.05) is 6.92 Å². The molecule has 0 heterocycles. The van der Waals surface area contributed by atoms with Crippen molar-refractivity contribution in [3.63, 3.8) is 0 Å². The number of sulfone groups is 1. The van der Waals surface area contributed by atoms with Crippen molar-refractivity contribution >= 4 is 29.6 Å². The topological polar surface area (TPSA) is 77.5 Å². The molecule has 0 amide bonds. The van der Waals surface area contributed by atoms with Gasteiger partial charge in [0.1, 0.15) is 6.61 Å². The molecule has 0 bridgehead atoms. The van der Waals surface area contributed by atoms with Crippen LogP contribution in [-0.4, -0.2) is 34.9 Å². The lowest BCUT2D eigenvalue weighted by Crippen LogP contribution is -2.17. The highest BCUT2D eigenvalue weighted by Gasteiger charge is 2.19. The maximum atomic E-state index is 13.6. The molecule has 1 rings (SSSR count). The van der Waals surface area contributed by atoms with Crippen LogP contribution < -0.4 is 4.74 Å². The van der Waals surface area contributed by atoms with Crippen LogP contribution in [0, 0.1) is 11.6 Å². The van der Waals surface area contributed by atoms with Gasteiger partial charge in [0, 0.05) is 10.7 Å². The fourth-order valence-corrected chi connectivity index (χ4v) is 3.42. The number of benzene rings is 1. The van der Waals surface area contributed by atoms with Crippen LogP contribution in [0.15, 0.2) is 17.0 Å². The van der Waals surface area contributed by atoms with Crippen molar-refractivity contribution in [1.29, 1.82) is 0 Å². The van der Waals surface area contributed by atoms with Crippen LogP contribution in [0.1, 0.15) is 13.3 Å². The van der Waals surface area contributed by atoms with Gasteiger partial charge in [0.05, 0.1) is 16.4 Å². The molecule has 0 fully saturated rings. The Balaban J connectivity index is 2.87. The van der Waals surface area contributed by atoms with Gasteiger partial charge in [0.15, 0.2) is 27.2 Å². The highest BCUT2D eigenvalue weighted by atomic mass is 35.7. The van der Waals surface area contributed by atoms with Crippen molar-refractivity contribution in [3.05, 3.63) is 23.8 Å². The number of rotatable bonds is 7. The summed E-state index contributed by atoms with van der Waals surface area (Å²) in [6.45, 7) is 1.24. The highest BCUT2D eigenvalue weighted by Crippen LogP contribution is 2.27. The SMILES string of the molecule is CCCS(=O)(=O)CCOc1c(F)cc(S(=O)(=O)Cl)cc1F. The van der Waals surface area contributed by atoms with Gasteiger partial charge in [0.2, 0.25) is 0 Å². The predicted octanol–water partition coefficient (Wildman–Crippen LogP) is 2.10. The molecule has 0 spiro atoms. The Labute approximate surface area is 126 Å². The zero-order valence-corrected chi connectivity index (χ0v) is 13.4. The van der Waals surface area contributed by atoms with E-state index in [2.05, 4.69) is 0 Å². The van der Waals surface area contributed by atoms with Crippen molar-refractivity contribution in [2.75, 3.05) is 18.1 Å². The molecule has 120 valence electrons. The average molecular weight is 363 g/mol. The van der Waals surface area contributed by atoms with Gasteiger partial charge in [-0.25, -0.2) is 25.6 Å². The van der Waals surface area contributed by atoms with E-state index in [4.69, 9.17) is 15.4 Å². The van der Waals surface area contributed by atoms with Gasteiger partial charge in [0.25, 0.3) is 9.05 Å². The Kier molecular flexibility index (Phi) is 5.94. The van der Waals surface area contributed by atoms with Crippen molar-refractivity contribution < 1.29 is 30.4 Å². The Morgan fingerprint density at radius 1 is 1.10 bits per heavy atom. The van der Waals surface area contributed by atoms with Crippen molar-refractivity contribution in [2.45, 2.75) is 18.2 Å². The Morgan fingerprint density at radius 2 is 1.62 bits per heavy atom. The van der Waals surface area contributed by atoms with Crippen LogP contribution in [0.2, 0.25) is 0 Å². The predicted molar refractivity (Wildman–Crippen MR) is 73.8 cm³/mol. The zero-order chi connectivity index (χ0) is 16.3. The molecule has 0 saturated heterocycles. The third-order valence-electron chi connectivity index (χ3n) is 2.41. The summed E-state index contributed by atoms with van der Waals surface area (Å²) in [5, 5.41) is 0. The van der Waals surface area contributed by atoms with E-state index in [0.717, 1.165) is 0 Å². The first-order chi connectivity index (χ1) is 9.57. The first kappa shape index (κ1) is 18.1. The van der Waals surface area contributed by atoms with Crippen LogP contribution in [-0.2, 0) is 18.9 Å². The summed E-state index contributed by atoms with van der Waals surface area (Å²) in [4.78, 5) is -0.745. The minimum Gasteiger partial charge on any atom is -0.487 e. The van der Waals surface area contributed by atoms with Crippen LogP contribution in [0.4, 0.5) is 8.78 Å². The third-order valence-corrected chi connectivity index (χ3v) is 5.56. The molecule has 0 unspecified atom stereocenters. The quantitative estimate of drug-likeness (QED) is 0.694. The van der Waals surface area contributed by atoms with Gasteiger partial charge < -0.3 is 4.74 Å². The fraction of sp³-hybridized carbons (Fsp3) is 0.455. The number of ether oxygens (including phenoxy) is 1. The van der Waals surface area contributed by atoms with Gasteiger partial charge in [-0.05, 0) is 18.6 Å². The summed E-state index contributed by atoms with van der Waals surface area (Å²) in [5.74, 6) is -3.84. The second kappa shape index (κ2) is 6.89. The molecular formula is C11H13ClF2O5S2. The summed E-state index contributed by atoms with van der Waals surface area (Å²) >= 11 is 0. The van der Waals surface area contributed by atoms with Crippen LogP contribution in [0.25, 0.3) is 0 Å². The van der Waals surface area contributed by atoms with E-state index in [0.29, 0.717) is 18.6 Å². The standard InChI is InChI=1S/C11H13ClF2O5S2/c1-2-4-20(15,16)5-3-19-11-9(13)6-8(7-10(11)14)21(12,17)18/h6-7H,2-5H2,1H3. The third kappa shape index (κ3) is 5.40. The number of halogens is 3. The molecule has 0 radical (unpaired) electrons.